The molecule has 0 bridgehead atoms. The van der Waals surface area contributed by atoms with E-state index in [0.29, 0.717) is 5.56 Å². The fraction of sp³-hybridized carbons (Fsp3) is 0.439. The number of phenolic OH excluding ortho intramolecular Hbond substituents is 1. The van der Waals surface area contributed by atoms with Crippen LogP contribution in [0, 0.1) is 12.3 Å². The molecule has 2 aliphatic rings. The van der Waals surface area contributed by atoms with Crippen LogP contribution in [0.4, 0.5) is 0 Å². The molecule has 2 fully saturated rings. The van der Waals surface area contributed by atoms with E-state index < -0.39 is 107 Å². The van der Waals surface area contributed by atoms with E-state index in [1.165, 1.54) is 45.2 Å². The van der Waals surface area contributed by atoms with Crippen molar-refractivity contribution in [3.8, 4) is 11.5 Å². The van der Waals surface area contributed by atoms with Gasteiger partial charge in [-0.1, -0.05) is 24.3 Å². The minimum Gasteiger partial charge on any atom is -0.507 e. The van der Waals surface area contributed by atoms with E-state index >= 15 is 0 Å². The summed E-state index contributed by atoms with van der Waals surface area (Å²) in [7, 11) is 1.30. The second kappa shape index (κ2) is 15.7. The fourth-order valence-electron chi connectivity index (χ4n) is 8.14. The number of esters is 4. The van der Waals surface area contributed by atoms with Gasteiger partial charge in [0.05, 0.1) is 28.4 Å². The SMILES string of the molecule is CO[C@H]1[C@@H](OC(C)=O)[C@@H](C)O[C@H](O[C@H]2[C@H](Oc3cccc4c(O)c5c(=N)c(=O)c6ccc(C)c7c(=O)oc(c34)c5c67)O[C@H](C)[C@H](OC(C)=O)[C@@H]2OC(C)=O)[C@@H]1OC(C)=O. The Labute approximate surface area is 333 Å². The molecule has 5 aromatic rings. The number of aryl methyl sites for hydroxylation is 1. The van der Waals surface area contributed by atoms with Crippen LogP contribution in [-0.2, 0) is 57.1 Å². The molecule has 18 heteroatoms. The lowest BCUT2D eigenvalue weighted by molar-refractivity contribution is -0.354. The number of hydrogen-bond donors (Lipinski definition) is 2. The molecular weight excluding hydrogens is 778 g/mol. The summed E-state index contributed by atoms with van der Waals surface area (Å²) in [5.41, 5.74) is -1.09. The Balaban J connectivity index is 1.42. The molecule has 59 heavy (non-hydrogen) atoms. The lowest BCUT2D eigenvalue weighted by Gasteiger charge is -2.48. The number of ether oxygens (including phenoxy) is 9. The van der Waals surface area contributed by atoms with E-state index in [9.17, 15) is 33.9 Å². The molecule has 10 atom stereocenters. The van der Waals surface area contributed by atoms with Crippen molar-refractivity contribution in [1.29, 1.82) is 5.41 Å². The van der Waals surface area contributed by atoms with Crippen LogP contribution in [0.15, 0.2) is 44.3 Å². The minimum atomic E-state index is -1.61. The largest absolute Gasteiger partial charge is 0.507 e. The number of aromatic hydroxyl groups is 1. The molecule has 0 amide bonds. The number of benzene rings is 4. The van der Waals surface area contributed by atoms with E-state index in [1.807, 2.05) is 0 Å². The summed E-state index contributed by atoms with van der Waals surface area (Å²) in [6, 6.07) is 7.52. The molecule has 4 aromatic carbocycles. The van der Waals surface area contributed by atoms with Gasteiger partial charge in [-0.3, -0.25) is 29.4 Å². The zero-order valence-corrected chi connectivity index (χ0v) is 33.1. The van der Waals surface area contributed by atoms with Crippen LogP contribution in [0.3, 0.4) is 0 Å². The lowest BCUT2D eigenvalue weighted by Crippen LogP contribution is -2.66. The first-order chi connectivity index (χ1) is 27.9. The predicted molar refractivity (Wildman–Crippen MR) is 203 cm³/mol. The summed E-state index contributed by atoms with van der Waals surface area (Å²) < 4.78 is 59.6. The van der Waals surface area contributed by atoms with Gasteiger partial charge in [0.2, 0.25) is 11.7 Å². The van der Waals surface area contributed by atoms with Crippen molar-refractivity contribution in [2.75, 3.05) is 7.11 Å². The highest BCUT2D eigenvalue weighted by molar-refractivity contribution is 6.29. The van der Waals surface area contributed by atoms with Gasteiger partial charge in [0.1, 0.15) is 23.0 Å². The van der Waals surface area contributed by atoms with Crippen LogP contribution in [0.25, 0.3) is 43.3 Å². The zero-order valence-electron chi connectivity index (χ0n) is 33.1. The van der Waals surface area contributed by atoms with Gasteiger partial charge < -0.3 is 52.2 Å². The highest BCUT2D eigenvalue weighted by Gasteiger charge is 2.55. The third-order valence-electron chi connectivity index (χ3n) is 10.5. The van der Waals surface area contributed by atoms with Crippen LogP contribution in [0.2, 0.25) is 0 Å². The Morgan fingerprint density at radius 3 is 1.85 bits per heavy atom. The first-order valence-electron chi connectivity index (χ1n) is 18.6. The maximum Gasteiger partial charge on any atom is 0.344 e. The topological polar surface area (TPSA) is 243 Å². The Bertz CT molecular complexity index is 2680. The van der Waals surface area contributed by atoms with Gasteiger partial charge in [-0.15, -0.1) is 0 Å². The summed E-state index contributed by atoms with van der Waals surface area (Å²) in [6.07, 6.45) is -13.1. The van der Waals surface area contributed by atoms with Crippen molar-refractivity contribution in [1.82, 2.24) is 0 Å². The Hall–Kier alpha value is -5.95. The third kappa shape index (κ3) is 7.15. The number of methoxy groups -OCH3 is 1. The molecule has 0 spiro atoms. The Kier molecular flexibility index (Phi) is 10.9. The molecular formula is C41H41NO17. The van der Waals surface area contributed by atoms with Gasteiger partial charge in [-0.05, 0) is 32.4 Å². The molecule has 1 aromatic heterocycles. The minimum absolute atomic E-state index is 0.0376. The summed E-state index contributed by atoms with van der Waals surface area (Å²) in [5, 5.41) is 20.5. The smallest absolute Gasteiger partial charge is 0.344 e. The second-order valence-electron chi connectivity index (χ2n) is 14.5. The summed E-state index contributed by atoms with van der Waals surface area (Å²) >= 11 is 0. The average molecular weight is 820 g/mol. The molecule has 2 N–H and O–H groups in total. The van der Waals surface area contributed by atoms with Crippen molar-refractivity contribution < 1.29 is 71.3 Å². The lowest BCUT2D eigenvalue weighted by atomic mass is 9.92. The monoisotopic (exact) mass is 819 g/mol. The Morgan fingerprint density at radius 2 is 1.24 bits per heavy atom. The number of phenols is 1. The fourth-order valence-corrected chi connectivity index (χ4v) is 8.14. The normalized spacial score (nSPS) is 27.2. The standard InChI is InChI=1S/C41H41NO17/c1-14-12-13-22-26-24(14)39(49)58-34-25-21(30(47)28(27(26)34)29(42)31(22)48)10-9-11-23(25)57-40-38(36(55-19(6)45)33(16(3)51-40)54-18(5)44)59-41-37(56-20(7)46)35(50-8)32(15(2)52-41)53-17(4)43/h9-13,15-16,32-33,35-38,40-42,47H,1-8H3/t15-,16-,32+,33+,35+,36+,37-,38-,40+,41-/m1/s1. The van der Waals surface area contributed by atoms with Crippen molar-refractivity contribution >= 4 is 67.2 Å². The van der Waals surface area contributed by atoms with Crippen molar-refractivity contribution in [3.63, 3.8) is 0 Å². The van der Waals surface area contributed by atoms with Crippen LogP contribution >= 0.6 is 0 Å². The number of carbonyl (C=O) groups is 4. The van der Waals surface area contributed by atoms with Gasteiger partial charge in [-0.25, -0.2) is 4.79 Å². The molecule has 0 aliphatic carbocycles. The van der Waals surface area contributed by atoms with E-state index in [0.717, 1.165) is 20.8 Å². The zero-order chi connectivity index (χ0) is 42.8. The first-order valence-corrected chi connectivity index (χ1v) is 18.6. The predicted octanol–water partition coefficient (Wildman–Crippen LogP) is 2.98. The van der Waals surface area contributed by atoms with Crippen molar-refractivity contribution in [2.24, 2.45) is 0 Å². The van der Waals surface area contributed by atoms with E-state index in [-0.39, 0.29) is 49.0 Å². The molecule has 2 aliphatic heterocycles. The highest BCUT2D eigenvalue weighted by atomic mass is 16.8. The third-order valence-corrected chi connectivity index (χ3v) is 10.5. The molecule has 18 nitrogen and oxygen atoms in total. The molecule has 2 saturated heterocycles. The van der Waals surface area contributed by atoms with Crippen molar-refractivity contribution in [2.45, 2.75) is 110 Å². The van der Waals surface area contributed by atoms with Crippen LogP contribution < -0.4 is 21.1 Å². The van der Waals surface area contributed by atoms with Gasteiger partial charge in [0.25, 0.3) is 0 Å². The first kappa shape index (κ1) is 41.2. The Morgan fingerprint density at radius 1 is 0.661 bits per heavy atom. The van der Waals surface area contributed by atoms with E-state index in [1.54, 1.807) is 19.9 Å². The summed E-state index contributed by atoms with van der Waals surface area (Å²) in [6.45, 7) is 9.34. The summed E-state index contributed by atoms with van der Waals surface area (Å²) in [5.74, 6) is -3.54. The number of carbonyl (C=O) groups excluding carboxylic acids is 4. The quantitative estimate of drug-likeness (QED) is 0.0714. The van der Waals surface area contributed by atoms with Crippen molar-refractivity contribution in [3.05, 3.63) is 61.9 Å². The molecule has 0 radical (unpaired) electrons. The average Bonchev–Trinajstić information content (AvgIpc) is 3.15. The molecule has 7 rings (SSSR count). The summed E-state index contributed by atoms with van der Waals surface area (Å²) in [4.78, 5) is 76.8. The number of fused-ring (bicyclic) bond motifs is 2. The van der Waals surface area contributed by atoms with Crippen LogP contribution in [-0.4, -0.2) is 97.5 Å². The highest BCUT2D eigenvalue weighted by Crippen LogP contribution is 2.45. The second-order valence-corrected chi connectivity index (χ2v) is 14.5. The number of rotatable bonds is 9. The van der Waals surface area contributed by atoms with Gasteiger partial charge >= 0.3 is 29.5 Å². The van der Waals surface area contributed by atoms with E-state index in [2.05, 4.69) is 0 Å². The molecule has 0 saturated carbocycles. The van der Waals surface area contributed by atoms with Gasteiger partial charge in [0.15, 0.2) is 42.4 Å². The van der Waals surface area contributed by atoms with Crippen LogP contribution in [0.5, 0.6) is 11.5 Å². The van der Waals surface area contributed by atoms with Gasteiger partial charge in [0, 0.05) is 56.3 Å². The number of nitrogens with one attached hydrogen (secondary N) is 1. The maximum absolute atomic E-state index is 13.7. The maximum atomic E-state index is 13.7. The van der Waals surface area contributed by atoms with E-state index in [4.69, 9.17) is 52.5 Å². The number of hydrogen-bond acceptors (Lipinski definition) is 18. The molecule has 3 heterocycles. The van der Waals surface area contributed by atoms with Gasteiger partial charge in [-0.2, -0.15) is 0 Å². The molecule has 0 unspecified atom stereocenters. The van der Waals surface area contributed by atoms with Crippen LogP contribution in [0.1, 0.15) is 47.1 Å². The molecule has 312 valence electrons.